The minimum absolute atomic E-state index is 0.0409. The number of nitro groups is 1. The third-order valence-electron chi connectivity index (χ3n) is 5.84. The first kappa shape index (κ1) is 25.1. The van der Waals surface area contributed by atoms with Crippen molar-refractivity contribution in [3.63, 3.8) is 0 Å². The van der Waals surface area contributed by atoms with Crippen LogP contribution < -0.4 is 9.88 Å². The zero-order valence-electron chi connectivity index (χ0n) is 20.3. The standard InChI is InChI=1S/C27H29N3O3S/c1-17-8-10-22(15-19(17)3)28-26(34)24(29-13-11-21(12-14-29)27(4,5)6)25(31)20-9-7-18(2)23(16-20)30(32)33/h7-16H,1-6H3,(H-,28,31,34)/p+1. The van der Waals surface area contributed by atoms with Crippen LogP contribution in [0.4, 0.5) is 11.4 Å². The summed E-state index contributed by atoms with van der Waals surface area (Å²) in [5.41, 5.74) is 5.23. The van der Waals surface area contributed by atoms with Crippen LogP contribution in [-0.4, -0.2) is 15.0 Å². The lowest BCUT2D eigenvalue weighted by Crippen LogP contribution is -2.39. The van der Waals surface area contributed by atoms with E-state index in [1.165, 1.54) is 6.07 Å². The molecule has 176 valence electrons. The molecule has 6 nitrogen and oxygen atoms in total. The van der Waals surface area contributed by atoms with Crippen molar-refractivity contribution in [2.75, 3.05) is 5.32 Å². The number of aryl methyl sites for hydroxylation is 3. The number of pyridine rings is 1. The minimum atomic E-state index is -0.456. The van der Waals surface area contributed by atoms with E-state index in [0.717, 1.165) is 22.4 Å². The van der Waals surface area contributed by atoms with Gasteiger partial charge in [-0.05, 0) is 55.0 Å². The second-order valence-corrected chi connectivity index (χ2v) is 9.86. The Kier molecular flexibility index (Phi) is 7.17. The zero-order valence-corrected chi connectivity index (χ0v) is 21.2. The number of anilines is 1. The highest BCUT2D eigenvalue weighted by atomic mass is 32.1. The third-order valence-corrected chi connectivity index (χ3v) is 6.13. The molecule has 0 atom stereocenters. The summed E-state index contributed by atoms with van der Waals surface area (Å²) in [5, 5.41) is 26.0. The summed E-state index contributed by atoms with van der Waals surface area (Å²) >= 11 is 5.72. The van der Waals surface area contributed by atoms with E-state index in [2.05, 4.69) is 26.1 Å². The Balaban J connectivity index is 2.14. The number of thiocarbonyl (C=S) groups is 1. The monoisotopic (exact) mass is 476 g/mol. The smallest absolute Gasteiger partial charge is 0.288 e. The van der Waals surface area contributed by atoms with E-state index >= 15 is 0 Å². The number of nitrogens with one attached hydrogen (secondary N) is 1. The van der Waals surface area contributed by atoms with Gasteiger partial charge in [0.15, 0.2) is 23.1 Å². The van der Waals surface area contributed by atoms with Gasteiger partial charge in [-0.15, -0.1) is 0 Å². The fourth-order valence-corrected chi connectivity index (χ4v) is 3.84. The highest BCUT2D eigenvalue weighted by Gasteiger charge is 2.26. The van der Waals surface area contributed by atoms with E-state index in [1.807, 2.05) is 56.6 Å². The normalized spacial score (nSPS) is 12.2. The molecule has 0 amide bonds. The lowest BCUT2D eigenvalue weighted by Gasteiger charge is -2.18. The van der Waals surface area contributed by atoms with Crippen molar-refractivity contribution in [3.8, 4) is 0 Å². The first-order chi connectivity index (χ1) is 15.9. The van der Waals surface area contributed by atoms with Crippen LogP contribution in [0.5, 0.6) is 0 Å². The molecule has 0 bridgehead atoms. The molecule has 2 N–H and O–H groups in total. The largest absolute Gasteiger partial charge is 0.502 e. The van der Waals surface area contributed by atoms with Crippen LogP contribution in [0.2, 0.25) is 0 Å². The maximum atomic E-state index is 11.5. The zero-order chi connectivity index (χ0) is 25.2. The molecule has 1 heterocycles. The molecule has 7 heteroatoms. The number of nitrogens with zero attached hydrogens (tertiary/aromatic N) is 2. The van der Waals surface area contributed by atoms with Gasteiger partial charge in [0.1, 0.15) is 0 Å². The first-order valence-electron chi connectivity index (χ1n) is 11.0. The number of hydrogen-bond acceptors (Lipinski definition) is 4. The maximum absolute atomic E-state index is 11.5. The average molecular weight is 477 g/mol. The molecule has 0 aliphatic carbocycles. The summed E-state index contributed by atoms with van der Waals surface area (Å²) in [5.74, 6) is -0.155. The van der Waals surface area contributed by atoms with E-state index in [-0.39, 0.29) is 21.9 Å². The summed E-state index contributed by atoms with van der Waals surface area (Å²) in [4.78, 5) is 11.3. The van der Waals surface area contributed by atoms with Gasteiger partial charge in [0.05, 0.1) is 4.92 Å². The Morgan fingerprint density at radius 1 is 0.971 bits per heavy atom. The van der Waals surface area contributed by atoms with Crippen LogP contribution in [0.1, 0.15) is 48.6 Å². The van der Waals surface area contributed by atoms with Crippen molar-refractivity contribution in [3.05, 3.63) is 98.9 Å². The van der Waals surface area contributed by atoms with Gasteiger partial charge >= 0.3 is 0 Å². The summed E-state index contributed by atoms with van der Waals surface area (Å²) in [7, 11) is 0. The molecule has 3 aromatic rings. The van der Waals surface area contributed by atoms with Crippen LogP contribution in [-0.2, 0) is 5.41 Å². The Morgan fingerprint density at radius 3 is 2.15 bits per heavy atom. The second kappa shape index (κ2) is 9.73. The number of nitro benzene ring substituents is 1. The molecule has 0 saturated carbocycles. The summed E-state index contributed by atoms with van der Waals surface area (Å²) in [6.45, 7) is 12.1. The summed E-state index contributed by atoms with van der Waals surface area (Å²) in [6, 6.07) is 14.5. The maximum Gasteiger partial charge on any atom is 0.288 e. The number of aliphatic hydroxyl groups is 1. The Labute approximate surface area is 205 Å². The summed E-state index contributed by atoms with van der Waals surface area (Å²) in [6.07, 6.45) is 3.67. The van der Waals surface area contributed by atoms with Crippen molar-refractivity contribution in [2.45, 2.75) is 47.0 Å². The fraction of sp³-hybridized carbons (Fsp3) is 0.259. The van der Waals surface area contributed by atoms with Gasteiger partial charge in [0, 0.05) is 35.0 Å². The molecular formula is C27H30N3O3S+. The molecular weight excluding hydrogens is 446 g/mol. The van der Waals surface area contributed by atoms with E-state index in [4.69, 9.17) is 12.2 Å². The number of rotatable bonds is 5. The molecule has 0 spiro atoms. The molecule has 0 aliphatic rings. The number of benzene rings is 2. The van der Waals surface area contributed by atoms with Crippen LogP contribution in [0.15, 0.2) is 60.9 Å². The molecule has 2 aromatic carbocycles. The Morgan fingerprint density at radius 2 is 1.59 bits per heavy atom. The molecule has 0 aliphatic heterocycles. The van der Waals surface area contributed by atoms with Crippen LogP contribution in [0.3, 0.4) is 0 Å². The van der Waals surface area contributed by atoms with Crippen molar-refractivity contribution in [1.29, 1.82) is 0 Å². The van der Waals surface area contributed by atoms with Gasteiger partial charge < -0.3 is 10.4 Å². The second-order valence-electron chi connectivity index (χ2n) is 9.45. The lowest BCUT2D eigenvalue weighted by atomic mass is 9.88. The molecule has 0 saturated heterocycles. The van der Waals surface area contributed by atoms with Crippen LogP contribution >= 0.6 is 12.2 Å². The highest BCUT2D eigenvalue weighted by molar-refractivity contribution is 7.81. The van der Waals surface area contributed by atoms with E-state index in [1.54, 1.807) is 23.6 Å². The van der Waals surface area contributed by atoms with Crippen molar-refractivity contribution in [1.82, 2.24) is 0 Å². The van der Waals surface area contributed by atoms with Crippen molar-refractivity contribution in [2.24, 2.45) is 0 Å². The Hall–Kier alpha value is -3.58. The van der Waals surface area contributed by atoms with E-state index < -0.39 is 4.92 Å². The minimum Gasteiger partial charge on any atom is -0.502 e. The molecule has 1 aromatic heterocycles. The SMILES string of the molecule is Cc1ccc(NC(=S)/C(=C(\O)c2ccc(C)c([N+](=O)[O-])c2)[n+]2ccc(C(C)(C)C)cc2)cc1C. The Bertz CT molecular complexity index is 1290. The third kappa shape index (κ3) is 5.48. The average Bonchev–Trinajstić information content (AvgIpc) is 2.76. The molecule has 3 rings (SSSR count). The van der Waals surface area contributed by atoms with Crippen molar-refractivity contribution < 1.29 is 14.6 Å². The van der Waals surface area contributed by atoms with Gasteiger partial charge in [0.2, 0.25) is 0 Å². The van der Waals surface area contributed by atoms with Crippen LogP contribution in [0.25, 0.3) is 11.5 Å². The molecule has 0 fully saturated rings. The lowest BCUT2D eigenvalue weighted by molar-refractivity contribution is -0.575. The van der Waals surface area contributed by atoms with E-state index in [0.29, 0.717) is 16.8 Å². The van der Waals surface area contributed by atoms with Gasteiger partial charge in [-0.3, -0.25) is 10.1 Å². The highest BCUT2D eigenvalue weighted by Crippen LogP contribution is 2.26. The predicted octanol–water partition coefficient (Wildman–Crippen LogP) is 6.43. The number of hydrogen-bond donors (Lipinski definition) is 2. The predicted molar refractivity (Wildman–Crippen MR) is 141 cm³/mol. The molecule has 0 unspecified atom stereocenters. The van der Waals surface area contributed by atoms with Gasteiger partial charge in [-0.1, -0.05) is 51.2 Å². The number of aliphatic hydroxyl groups excluding tert-OH is 1. The van der Waals surface area contributed by atoms with Crippen molar-refractivity contribution >= 4 is 40.0 Å². The first-order valence-corrected chi connectivity index (χ1v) is 11.4. The molecule has 34 heavy (non-hydrogen) atoms. The number of aromatic nitrogens is 1. The van der Waals surface area contributed by atoms with Gasteiger partial charge in [-0.2, -0.15) is 4.57 Å². The van der Waals surface area contributed by atoms with Crippen LogP contribution in [0, 0.1) is 30.9 Å². The van der Waals surface area contributed by atoms with Gasteiger partial charge in [-0.25, -0.2) is 0 Å². The topological polar surface area (TPSA) is 79.3 Å². The fourth-order valence-electron chi connectivity index (χ4n) is 3.52. The summed E-state index contributed by atoms with van der Waals surface area (Å²) < 4.78 is 1.73. The molecule has 0 radical (unpaired) electrons. The quantitative estimate of drug-likeness (QED) is 0.111. The van der Waals surface area contributed by atoms with E-state index in [9.17, 15) is 15.2 Å². The van der Waals surface area contributed by atoms with Gasteiger partial charge in [0.25, 0.3) is 11.4 Å².